The molecule has 0 aromatic carbocycles. The highest BCUT2D eigenvalue weighted by Crippen LogP contribution is 2.13. The molecule has 0 radical (unpaired) electrons. The van der Waals surface area contributed by atoms with Gasteiger partial charge in [0.05, 0.1) is 16.1 Å². The van der Waals surface area contributed by atoms with Crippen molar-refractivity contribution in [3.8, 4) is 0 Å². The first kappa shape index (κ1) is 10.8. The molecule has 4 nitrogen and oxygen atoms in total. The summed E-state index contributed by atoms with van der Waals surface area (Å²) in [5, 5.41) is 12.4. The summed E-state index contributed by atoms with van der Waals surface area (Å²) >= 11 is 1.53. The lowest BCUT2D eigenvalue weighted by atomic mass is 10.2. The minimum Gasteiger partial charge on any atom is -0.411 e. The van der Waals surface area contributed by atoms with E-state index in [0.717, 1.165) is 28.4 Å². The second-order valence-electron chi connectivity index (χ2n) is 3.22. The normalized spacial score (nSPS) is 11.0. The summed E-state index contributed by atoms with van der Waals surface area (Å²) in [7, 11) is 0. The maximum absolute atomic E-state index is 8.38. The van der Waals surface area contributed by atoms with E-state index < -0.39 is 0 Å². The van der Waals surface area contributed by atoms with Crippen LogP contribution in [0.25, 0.3) is 0 Å². The van der Waals surface area contributed by atoms with Gasteiger partial charge in [-0.25, -0.2) is 4.98 Å². The molecule has 0 unspecified atom stereocenters. The Kier molecular flexibility index (Phi) is 3.61. The Labute approximate surface area is 97.3 Å². The molecule has 0 saturated heterocycles. The van der Waals surface area contributed by atoms with E-state index in [9.17, 15) is 0 Å². The van der Waals surface area contributed by atoms with Crippen LogP contribution in [0.2, 0.25) is 0 Å². The van der Waals surface area contributed by atoms with E-state index in [1.54, 1.807) is 12.4 Å². The van der Waals surface area contributed by atoms with Crippen molar-refractivity contribution in [2.24, 2.45) is 5.16 Å². The summed E-state index contributed by atoms with van der Waals surface area (Å²) in [5.74, 6) is 0. The van der Waals surface area contributed by atoms with Gasteiger partial charge in [0, 0.05) is 24.5 Å². The highest BCUT2D eigenvalue weighted by atomic mass is 32.1. The van der Waals surface area contributed by atoms with Gasteiger partial charge in [-0.15, -0.1) is 11.3 Å². The molecule has 0 spiro atoms. The Morgan fingerprint density at radius 1 is 1.31 bits per heavy atom. The van der Waals surface area contributed by atoms with E-state index in [4.69, 9.17) is 5.21 Å². The van der Waals surface area contributed by atoms with Crippen LogP contribution >= 0.6 is 11.3 Å². The number of hydrogen-bond acceptors (Lipinski definition) is 5. The Morgan fingerprint density at radius 2 is 2.25 bits per heavy atom. The van der Waals surface area contributed by atoms with Gasteiger partial charge in [0.25, 0.3) is 0 Å². The number of rotatable bonds is 4. The molecule has 0 aliphatic rings. The van der Waals surface area contributed by atoms with E-state index in [1.165, 1.54) is 17.6 Å². The first-order valence-corrected chi connectivity index (χ1v) is 5.72. The molecule has 82 valence electrons. The minimum atomic E-state index is 0.860. The van der Waals surface area contributed by atoms with Gasteiger partial charge >= 0.3 is 0 Å². The smallest absolute Gasteiger partial charge is 0.0935 e. The fraction of sp³-hybridized carbons (Fsp3) is 0.182. The number of pyridine rings is 1. The predicted octanol–water partition coefficient (Wildman–Crippen LogP) is 2.13. The molecule has 2 rings (SSSR count). The van der Waals surface area contributed by atoms with Gasteiger partial charge in [0.15, 0.2) is 0 Å². The molecule has 0 aliphatic heterocycles. The van der Waals surface area contributed by atoms with Gasteiger partial charge in [-0.1, -0.05) is 11.2 Å². The largest absolute Gasteiger partial charge is 0.411 e. The van der Waals surface area contributed by atoms with E-state index in [2.05, 4.69) is 15.1 Å². The van der Waals surface area contributed by atoms with Crippen LogP contribution < -0.4 is 0 Å². The first-order valence-electron chi connectivity index (χ1n) is 4.90. The van der Waals surface area contributed by atoms with Gasteiger partial charge < -0.3 is 5.21 Å². The zero-order chi connectivity index (χ0) is 11.2. The maximum Gasteiger partial charge on any atom is 0.0935 e. The number of aromatic nitrogens is 2. The minimum absolute atomic E-state index is 0.860. The van der Waals surface area contributed by atoms with Crippen LogP contribution in [0.1, 0.15) is 15.6 Å². The van der Waals surface area contributed by atoms with Gasteiger partial charge in [0.2, 0.25) is 0 Å². The molecular weight excluding hydrogens is 222 g/mol. The molecule has 0 fully saturated rings. The van der Waals surface area contributed by atoms with Crippen LogP contribution in [0.15, 0.2) is 35.7 Å². The zero-order valence-corrected chi connectivity index (χ0v) is 9.39. The fourth-order valence-corrected chi connectivity index (χ4v) is 2.12. The number of thiazole rings is 1. The van der Waals surface area contributed by atoms with Crippen LogP contribution in [0.5, 0.6) is 0 Å². The molecule has 2 heterocycles. The lowest BCUT2D eigenvalue weighted by Gasteiger charge is -1.96. The van der Waals surface area contributed by atoms with Crippen LogP contribution in [0, 0.1) is 0 Å². The summed E-state index contributed by atoms with van der Waals surface area (Å²) < 4.78 is 0. The third kappa shape index (κ3) is 2.87. The SMILES string of the molecule is O/N=C/c1cnc(CCc2ccccn2)s1. The average molecular weight is 233 g/mol. The van der Waals surface area contributed by atoms with Crippen molar-refractivity contribution in [1.29, 1.82) is 0 Å². The van der Waals surface area contributed by atoms with Crippen molar-refractivity contribution in [3.63, 3.8) is 0 Å². The molecule has 1 N–H and O–H groups in total. The second-order valence-corrected chi connectivity index (χ2v) is 4.37. The Hall–Kier alpha value is -1.75. The summed E-state index contributed by atoms with van der Waals surface area (Å²) in [5.41, 5.74) is 1.06. The molecule has 2 aromatic heterocycles. The van der Waals surface area contributed by atoms with Crippen molar-refractivity contribution in [1.82, 2.24) is 9.97 Å². The third-order valence-corrected chi connectivity index (χ3v) is 3.07. The van der Waals surface area contributed by atoms with E-state index >= 15 is 0 Å². The van der Waals surface area contributed by atoms with Crippen molar-refractivity contribution >= 4 is 17.6 Å². The van der Waals surface area contributed by atoms with Crippen molar-refractivity contribution < 1.29 is 5.21 Å². The highest BCUT2D eigenvalue weighted by molar-refractivity contribution is 7.13. The molecule has 5 heteroatoms. The van der Waals surface area contributed by atoms with E-state index in [-0.39, 0.29) is 0 Å². The number of hydrogen-bond donors (Lipinski definition) is 1. The van der Waals surface area contributed by atoms with Crippen LogP contribution in [-0.4, -0.2) is 21.4 Å². The number of oxime groups is 1. The topological polar surface area (TPSA) is 58.4 Å². The molecule has 2 aromatic rings. The van der Waals surface area contributed by atoms with Crippen LogP contribution in [-0.2, 0) is 12.8 Å². The number of aryl methyl sites for hydroxylation is 2. The van der Waals surface area contributed by atoms with Crippen LogP contribution in [0.4, 0.5) is 0 Å². The summed E-state index contributed by atoms with van der Waals surface area (Å²) in [6, 6.07) is 5.89. The summed E-state index contributed by atoms with van der Waals surface area (Å²) in [4.78, 5) is 9.35. The zero-order valence-electron chi connectivity index (χ0n) is 8.58. The fourth-order valence-electron chi connectivity index (χ4n) is 1.34. The molecule has 0 bridgehead atoms. The van der Waals surface area contributed by atoms with E-state index in [1.807, 2.05) is 18.2 Å². The van der Waals surface area contributed by atoms with Gasteiger partial charge in [-0.2, -0.15) is 0 Å². The maximum atomic E-state index is 8.38. The standard InChI is InChI=1S/C11H11N3OS/c15-14-8-10-7-13-11(16-10)5-4-9-3-1-2-6-12-9/h1-3,6-8,15H,4-5H2/b14-8+. The van der Waals surface area contributed by atoms with Gasteiger partial charge in [-0.3, -0.25) is 4.98 Å². The molecule has 0 atom stereocenters. The molecule has 16 heavy (non-hydrogen) atoms. The van der Waals surface area contributed by atoms with Gasteiger partial charge in [-0.05, 0) is 18.6 Å². The van der Waals surface area contributed by atoms with Crippen molar-refractivity contribution in [2.75, 3.05) is 0 Å². The Bertz CT molecular complexity index is 467. The molecule has 0 amide bonds. The first-order chi connectivity index (χ1) is 7.88. The van der Waals surface area contributed by atoms with Crippen molar-refractivity contribution in [2.45, 2.75) is 12.8 Å². The van der Waals surface area contributed by atoms with Gasteiger partial charge in [0.1, 0.15) is 0 Å². The third-order valence-electron chi connectivity index (χ3n) is 2.08. The van der Waals surface area contributed by atoms with E-state index in [0.29, 0.717) is 0 Å². The molecule has 0 saturated carbocycles. The summed E-state index contributed by atoms with van der Waals surface area (Å²) in [6.45, 7) is 0. The Balaban J connectivity index is 1.94. The van der Waals surface area contributed by atoms with Crippen LogP contribution in [0.3, 0.4) is 0 Å². The Morgan fingerprint density at radius 3 is 3.00 bits per heavy atom. The van der Waals surface area contributed by atoms with Crippen molar-refractivity contribution in [3.05, 3.63) is 46.2 Å². The highest BCUT2D eigenvalue weighted by Gasteiger charge is 2.01. The number of nitrogens with zero attached hydrogens (tertiary/aromatic N) is 3. The predicted molar refractivity (Wildman–Crippen MR) is 63.1 cm³/mol. The second kappa shape index (κ2) is 5.37. The molecule has 0 aliphatic carbocycles. The molecular formula is C11H11N3OS. The lowest BCUT2D eigenvalue weighted by molar-refractivity contribution is 0.322. The summed E-state index contributed by atoms with van der Waals surface area (Å²) in [6.07, 6.45) is 6.63. The monoisotopic (exact) mass is 233 g/mol. The lowest BCUT2D eigenvalue weighted by Crippen LogP contribution is -1.92. The average Bonchev–Trinajstić information content (AvgIpc) is 2.76. The quantitative estimate of drug-likeness (QED) is 0.500.